The number of aromatic nitrogens is 3. The lowest BCUT2D eigenvalue weighted by molar-refractivity contribution is 0.104. The number of ketones is 1. The first-order valence-corrected chi connectivity index (χ1v) is 11.9. The van der Waals surface area contributed by atoms with Gasteiger partial charge in [-0.2, -0.15) is 10.4 Å². The number of hydrogen-bond acceptors (Lipinski definition) is 7. The Kier molecular flexibility index (Phi) is 5.73. The molecule has 0 bridgehead atoms. The Morgan fingerprint density at radius 2 is 1.86 bits per heavy atom. The fraction of sp³-hybridized carbons (Fsp3) is 0.0769. The van der Waals surface area contributed by atoms with E-state index in [4.69, 9.17) is 22.4 Å². The smallest absolute Gasteiger partial charge is 0.205 e. The number of fused-ring (bicyclic) bond motifs is 1. The summed E-state index contributed by atoms with van der Waals surface area (Å²) >= 11 is 7.22. The molecule has 9 heteroatoms. The molecule has 0 saturated heterocycles. The summed E-state index contributed by atoms with van der Waals surface area (Å²) in [6.07, 6.45) is 0. The number of aryl methyl sites for hydroxylation is 2. The number of carbonyl (C=O) groups excluding carboxylic acids is 1. The second kappa shape index (κ2) is 8.87. The summed E-state index contributed by atoms with van der Waals surface area (Å²) < 4.78 is 1.63. The normalized spacial score (nSPS) is 10.9. The van der Waals surface area contributed by atoms with Gasteiger partial charge in [-0.05, 0) is 56.3 Å². The van der Waals surface area contributed by atoms with Crippen LogP contribution in [0.25, 0.3) is 16.9 Å². The molecule has 7 nitrogen and oxygen atoms in total. The molecule has 0 unspecified atom stereocenters. The van der Waals surface area contributed by atoms with Crippen LogP contribution in [0.4, 0.5) is 16.4 Å². The molecule has 3 N–H and O–H groups in total. The van der Waals surface area contributed by atoms with Crippen molar-refractivity contribution in [3.63, 3.8) is 0 Å². The van der Waals surface area contributed by atoms with Gasteiger partial charge in [-0.15, -0.1) is 11.3 Å². The quantitative estimate of drug-likeness (QED) is 0.281. The lowest BCUT2D eigenvalue weighted by Gasteiger charge is -2.06. The van der Waals surface area contributed by atoms with Crippen LogP contribution in [0.2, 0.25) is 5.02 Å². The van der Waals surface area contributed by atoms with E-state index in [0.29, 0.717) is 42.9 Å². The number of nitrogens with zero attached hydrogens (tertiary/aromatic N) is 4. The highest BCUT2D eigenvalue weighted by Gasteiger charge is 2.28. The van der Waals surface area contributed by atoms with E-state index in [1.165, 1.54) is 11.3 Å². The number of halogens is 1. The average Bonchev–Trinajstić information content (AvgIpc) is 3.36. The van der Waals surface area contributed by atoms with E-state index in [0.717, 1.165) is 17.1 Å². The molecule has 0 aliphatic heterocycles. The van der Waals surface area contributed by atoms with Gasteiger partial charge >= 0.3 is 0 Å². The van der Waals surface area contributed by atoms with Crippen LogP contribution in [0, 0.1) is 25.2 Å². The van der Waals surface area contributed by atoms with Gasteiger partial charge in [-0.1, -0.05) is 29.8 Å². The molecule has 2 aromatic carbocycles. The third-order valence-corrected chi connectivity index (χ3v) is 6.90. The molecular formula is C26H19ClN6OS. The topological polar surface area (TPSA) is 109 Å². The van der Waals surface area contributed by atoms with E-state index < -0.39 is 0 Å². The highest BCUT2D eigenvalue weighted by atomic mass is 35.5. The second-order valence-electron chi connectivity index (χ2n) is 7.99. The van der Waals surface area contributed by atoms with Gasteiger partial charge in [0.1, 0.15) is 27.2 Å². The van der Waals surface area contributed by atoms with Crippen LogP contribution in [0.5, 0.6) is 0 Å². The van der Waals surface area contributed by atoms with E-state index in [-0.39, 0.29) is 11.5 Å². The monoisotopic (exact) mass is 498 g/mol. The van der Waals surface area contributed by atoms with Crippen LogP contribution >= 0.6 is 22.9 Å². The second-order valence-corrected chi connectivity index (χ2v) is 9.44. The number of hydrogen-bond donors (Lipinski definition) is 2. The predicted molar refractivity (Wildman–Crippen MR) is 140 cm³/mol. The van der Waals surface area contributed by atoms with Gasteiger partial charge in [-0.3, -0.25) is 4.79 Å². The molecule has 0 spiro atoms. The fourth-order valence-corrected chi connectivity index (χ4v) is 5.15. The number of nitriles is 1. The average molecular weight is 499 g/mol. The zero-order chi connectivity index (χ0) is 24.7. The van der Waals surface area contributed by atoms with Crippen LogP contribution < -0.4 is 11.1 Å². The first-order chi connectivity index (χ1) is 16.9. The first-order valence-electron chi connectivity index (χ1n) is 10.7. The van der Waals surface area contributed by atoms with Crippen molar-refractivity contribution in [3.05, 3.63) is 93.1 Å². The molecule has 0 amide bonds. The number of nitrogen functional groups attached to an aromatic ring is 1. The maximum atomic E-state index is 13.4. The van der Waals surface area contributed by atoms with Crippen LogP contribution in [0.3, 0.4) is 0 Å². The predicted octanol–water partition coefficient (Wildman–Crippen LogP) is 6.16. The molecule has 0 atom stereocenters. The van der Waals surface area contributed by atoms with Gasteiger partial charge in [0.2, 0.25) is 5.78 Å². The van der Waals surface area contributed by atoms with Gasteiger partial charge in [-0.25, -0.2) is 9.50 Å². The van der Waals surface area contributed by atoms with Crippen molar-refractivity contribution in [3.8, 4) is 17.3 Å². The van der Waals surface area contributed by atoms with E-state index >= 15 is 0 Å². The largest absolute Gasteiger partial charge is 0.397 e. The number of nitrogens with one attached hydrogen (secondary N) is 1. The summed E-state index contributed by atoms with van der Waals surface area (Å²) in [6.45, 7) is 3.76. The Labute approximate surface area is 210 Å². The summed E-state index contributed by atoms with van der Waals surface area (Å²) in [5.74, 6) is -0.237. The molecule has 172 valence electrons. The Morgan fingerprint density at radius 1 is 1.14 bits per heavy atom. The third kappa shape index (κ3) is 4.01. The summed E-state index contributed by atoms with van der Waals surface area (Å²) in [4.78, 5) is 18.3. The van der Waals surface area contributed by atoms with Crippen molar-refractivity contribution < 1.29 is 4.79 Å². The molecule has 0 saturated carbocycles. The molecule has 5 aromatic rings. The van der Waals surface area contributed by atoms with Gasteiger partial charge in [0.25, 0.3) is 0 Å². The Morgan fingerprint density at radius 3 is 2.54 bits per heavy atom. The van der Waals surface area contributed by atoms with Crippen LogP contribution in [-0.2, 0) is 0 Å². The molecule has 5 rings (SSSR count). The lowest BCUT2D eigenvalue weighted by Crippen LogP contribution is -2.02. The number of anilines is 3. The zero-order valence-electron chi connectivity index (χ0n) is 18.8. The van der Waals surface area contributed by atoms with Crippen molar-refractivity contribution in [1.82, 2.24) is 14.6 Å². The van der Waals surface area contributed by atoms with Gasteiger partial charge < -0.3 is 11.1 Å². The van der Waals surface area contributed by atoms with Gasteiger partial charge in [0, 0.05) is 27.7 Å². The minimum atomic E-state index is -0.237. The summed E-state index contributed by atoms with van der Waals surface area (Å²) in [7, 11) is 0. The maximum Gasteiger partial charge on any atom is 0.205 e. The molecular weight excluding hydrogens is 480 g/mol. The summed E-state index contributed by atoms with van der Waals surface area (Å²) in [5, 5.41) is 19.3. The minimum Gasteiger partial charge on any atom is -0.397 e. The summed E-state index contributed by atoms with van der Waals surface area (Å²) in [6, 6.07) is 20.3. The third-order valence-electron chi connectivity index (χ3n) is 5.53. The van der Waals surface area contributed by atoms with E-state index in [2.05, 4.69) is 16.4 Å². The van der Waals surface area contributed by atoms with Crippen molar-refractivity contribution in [2.45, 2.75) is 13.8 Å². The molecule has 0 radical (unpaired) electrons. The SMILES string of the molecule is Cc1cc(C)n2nc(-c3c(Nc4ccccc4)sc(C(=O)c4ccc(Cl)cc4)c3N)c(C#N)c2n1. The van der Waals surface area contributed by atoms with E-state index in [1.807, 2.05) is 50.2 Å². The number of rotatable bonds is 5. The van der Waals surface area contributed by atoms with Crippen LogP contribution in [0.1, 0.15) is 32.2 Å². The van der Waals surface area contributed by atoms with E-state index in [1.54, 1.807) is 28.8 Å². The summed E-state index contributed by atoms with van der Waals surface area (Å²) in [5.41, 5.74) is 11.4. The maximum absolute atomic E-state index is 13.4. The lowest BCUT2D eigenvalue weighted by atomic mass is 10.0. The number of benzene rings is 2. The van der Waals surface area contributed by atoms with Crippen molar-refractivity contribution in [2.24, 2.45) is 0 Å². The molecule has 35 heavy (non-hydrogen) atoms. The zero-order valence-corrected chi connectivity index (χ0v) is 20.4. The molecule has 0 aliphatic carbocycles. The van der Waals surface area contributed by atoms with Crippen molar-refractivity contribution in [1.29, 1.82) is 5.26 Å². The van der Waals surface area contributed by atoms with Gasteiger partial charge in [0.15, 0.2) is 5.65 Å². The van der Waals surface area contributed by atoms with Gasteiger partial charge in [0.05, 0.1) is 11.3 Å². The molecule has 0 aliphatic rings. The van der Waals surface area contributed by atoms with Crippen LogP contribution in [-0.4, -0.2) is 20.4 Å². The number of carbonyl (C=O) groups is 1. The van der Waals surface area contributed by atoms with Crippen molar-refractivity contribution >= 4 is 50.7 Å². The highest BCUT2D eigenvalue weighted by molar-refractivity contribution is 7.19. The number of nitrogens with two attached hydrogens (primary N) is 1. The van der Waals surface area contributed by atoms with Crippen molar-refractivity contribution in [2.75, 3.05) is 11.1 Å². The Bertz CT molecular complexity index is 1630. The molecule has 0 fully saturated rings. The minimum absolute atomic E-state index is 0.237. The fourth-order valence-electron chi connectivity index (χ4n) is 3.92. The Hall–Kier alpha value is -4.19. The standard InChI is InChI=1S/C26H19ClN6OS/c1-14-12-15(2)33-25(30-14)19(13-28)22(32-33)20-21(29)24(23(34)16-8-10-17(27)11-9-16)35-26(20)31-18-6-4-3-5-7-18/h3-12,31H,29H2,1-2H3. The highest BCUT2D eigenvalue weighted by Crippen LogP contribution is 2.46. The first kappa shape index (κ1) is 22.6. The molecule has 3 aromatic heterocycles. The molecule has 3 heterocycles. The number of para-hydroxylation sites is 1. The Balaban J connectivity index is 1.75. The number of thiophene rings is 1. The van der Waals surface area contributed by atoms with Crippen LogP contribution in [0.15, 0.2) is 60.7 Å². The van der Waals surface area contributed by atoms with E-state index in [9.17, 15) is 10.1 Å².